The second-order valence-electron chi connectivity index (χ2n) is 7.47. The van der Waals surface area contributed by atoms with Crippen LogP contribution >= 0.6 is 0 Å². The van der Waals surface area contributed by atoms with Crippen LogP contribution in [0.2, 0.25) is 0 Å². The van der Waals surface area contributed by atoms with Gasteiger partial charge in [0.05, 0.1) is 19.3 Å². The minimum Gasteiger partial charge on any atom is -0.490 e. The predicted molar refractivity (Wildman–Crippen MR) is 121 cm³/mol. The van der Waals surface area contributed by atoms with E-state index in [1.165, 1.54) is 0 Å². The van der Waals surface area contributed by atoms with E-state index in [0.29, 0.717) is 13.2 Å². The maximum Gasteiger partial charge on any atom is 0.241 e. The van der Waals surface area contributed by atoms with Gasteiger partial charge in [0.25, 0.3) is 0 Å². The fourth-order valence-electron chi connectivity index (χ4n) is 3.30. The molecule has 0 bridgehead atoms. The maximum absolute atomic E-state index is 12.7. The Morgan fingerprint density at radius 1 is 1.20 bits per heavy atom. The van der Waals surface area contributed by atoms with Crippen LogP contribution in [-0.2, 0) is 16.1 Å². The number of ether oxygens (including phenoxy) is 2. The Kier molecular flexibility index (Phi) is 7.88. The third-order valence-corrected chi connectivity index (χ3v) is 5.27. The average Bonchev–Trinajstić information content (AvgIpc) is 2.79. The number of likely N-dealkylation sites (N-methyl/N-ethyl adjacent to an activating group) is 1. The minimum atomic E-state index is -0.263. The van der Waals surface area contributed by atoms with Crippen molar-refractivity contribution in [3.63, 3.8) is 0 Å². The van der Waals surface area contributed by atoms with E-state index in [2.05, 4.69) is 16.8 Å². The number of rotatable bonds is 9. The van der Waals surface area contributed by atoms with Gasteiger partial charge in [-0.05, 0) is 55.9 Å². The van der Waals surface area contributed by atoms with Gasteiger partial charge in [0.2, 0.25) is 5.91 Å². The van der Waals surface area contributed by atoms with Crippen LogP contribution < -0.4 is 15.0 Å². The first kappa shape index (κ1) is 21.9. The summed E-state index contributed by atoms with van der Waals surface area (Å²) in [5.41, 5.74) is 3.08. The summed E-state index contributed by atoms with van der Waals surface area (Å²) in [4.78, 5) is 17.0. The highest BCUT2D eigenvalue weighted by Crippen LogP contribution is 2.20. The lowest BCUT2D eigenvalue weighted by atomic mass is 10.1. The number of carbonyl (C=O) groups is 1. The van der Waals surface area contributed by atoms with Crippen LogP contribution in [0.1, 0.15) is 12.5 Å². The Morgan fingerprint density at radius 2 is 1.87 bits per heavy atom. The highest BCUT2D eigenvalue weighted by Gasteiger charge is 2.19. The molecule has 1 heterocycles. The molecule has 1 amide bonds. The van der Waals surface area contributed by atoms with Crippen LogP contribution in [0.4, 0.5) is 11.4 Å². The molecular weight excluding hydrogens is 378 g/mol. The van der Waals surface area contributed by atoms with Gasteiger partial charge in [-0.25, -0.2) is 0 Å². The van der Waals surface area contributed by atoms with Gasteiger partial charge in [-0.2, -0.15) is 0 Å². The van der Waals surface area contributed by atoms with Gasteiger partial charge in [-0.15, -0.1) is 0 Å². The summed E-state index contributed by atoms with van der Waals surface area (Å²) >= 11 is 0. The van der Waals surface area contributed by atoms with Crippen molar-refractivity contribution < 1.29 is 14.3 Å². The lowest BCUT2D eigenvalue weighted by Gasteiger charge is -2.29. The number of benzene rings is 2. The Bertz CT molecular complexity index is 815. The molecule has 1 aliphatic heterocycles. The van der Waals surface area contributed by atoms with E-state index in [0.717, 1.165) is 49.0 Å². The van der Waals surface area contributed by atoms with Crippen LogP contribution in [0, 0.1) is 0 Å². The van der Waals surface area contributed by atoms with Crippen molar-refractivity contribution in [2.45, 2.75) is 19.5 Å². The smallest absolute Gasteiger partial charge is 0.241 e. The van der Waals surface area contributed by atoms with Crippen molar-refractivity contribution in [1.29, 1.82) is 0 Å². The second kappa shape index (κ2) is 10.8. The molecule has 1 saturated heterocycles. The number of morpholine rings is 1. The normalized spacial score (nSPS) is 15.0. The molecule has 0 aliphatic carbocycles. The van der Waals surface area contributed by atoms with Crippen molar-refractivity contribution in [2.24, 2.45) is 0 Å². The van der Waals surface area contributed by atoms with Gasteiger partial charge in [0.15, 0.2) is 0 Å². The number of carbonyl (C=O) groups excluding carboxylic acids is 1. The summed E-state index contributed by atoms with van der Waals surface area (Å²) in [5, 5.41) is 3.02. The summed E-state index contributed by atoms with van der Waals surface area (Å²) in [6, 6.07) is 15.7. The number of amides is 1. The quantitative estimate of drug-likeness (QED) is 0.642. The summed E-state index contributed by atoms with van der Waals surface area (Å²) in [6.07, 6.45) is 1.72. The molecule has 6 nitrogen and oxygen atoms in total. The van der Waals surface area contributed by atoms with Gasteiger partial charge in [-0.1, -0.05) is 24.8 Å². The molecular formula is C24H31N3O3. The Morgan fingerprint density at radius 3 is 2.50 bits per heavy atom. The summed E-state index contributed by atoms with van der Waals surface area (Å²) in [6.45, 7) is 10.0. The molecule has 1 atom stereocenters. The first-order valence-electron chi connectivity index (χ1n) is 10.3. The highest BCUT2D eigenvalue weighted by molar-refractivity contribution is 5.94. The van der Waals surface area contributed by atoms with Crippen molar-refractivity contribution in [1.82, 2.24) is 4.90 Å². The third-order valence-electron chi connectivity index (χ3n) is 5.27. The zero-order chi connectivity index (χ0) is 21.3. The number of hydrogen-bond acceptors (Lipinski definition) is 5. The fraction of sp³-hybridized carbons (Fsp3) is 0.375. The molecule has 1 aliphatic rings. The molecule has 0 saturated carbocycles. The monoisotopic (exact) mass is 409 g/mol. The molecule has 2 aromatic carbocycles. The van der Waals surface area contributed by atoms with Crippen LogP contribution in [0.3, 0.4) is 0 Å². The van der Waals surface area contributed by atoms with Crippen LogP contribution in [0.25, 0.3) is 0 Å². The maximum atomic E-state index is 12.7. The Labute approximate surface area is 179 Å². The van der Waals surface area contributed by atoms with Crippen LogP contribution in [0.5, 0.6) is 5.75 Å². The Hall–Kier alpha value is -2.83. The van der Waals surface area contributed by atoms with E-state index in [9.17, 15) is 4.79 Å². The highest BCUT2D eigenvalue weighted by atomic mass is 16.5. The van der Waals surface area contributed by atoms with Crippen molar-refractivity contribution >= 4 is 17.3 Å². The van der Waals surface area contributed by atoms with Crippen molar-refractivity contribution in [3.8, 4) is 5.75 Å². The average molecular weight is 410 g/mol. The van der Waals surface area contributed by atoms with Crippen LogP contribution in [-0.4, -0.2) is 56.8 Å². The lowest BCUT2D eigenvalue weighted by molar-refractivity contribution is -0.120. The fourth-order valence-corrected chi connectivity index (χ4v) is 3.30. The lowest BCUT2D eigenvalue weighted by Crippen LogP contribution is -2.39. The second-order valence-corrected chi connectivity index (χ2v) is 7.47. The molecule has 2 aromatic rings. The number of anilines is 2. The molecule has 30 heavy (non-hydrogen) atoms. The minimum absolute atomic E-state index is 0.0254. The Balaban J connectivity index is 1.51. The van der Waals surface area contributed by atoms with E-state index in [-0.39, 0.29) is 11.9 Å². The zero-order valence-electron chi connectivity index (χ0n) is 17.8. The summed E-state index contributed by atoms with van der Waals surface area (Å²) in [5.74, 6) is 0.787. The van der Waals surface area contributed by atoms with Gasteiger partial charge in [0.1, 0.15) is 12.4 Å². The molecule has 0 unspecified atom stereocenters. The van der Waals surface area contributed by atoms with E-state index >= 15 is 0 Å². The molecule has 6 heteroatoms. The first-order valence-corrected chi connectivity index (χ1v) is 10.3. The zero-order valence-corrected chi connectivity index (χ0v) is 17.8. The summed E-state index contributed by atoms with van der Waals surface area (Å²) < 4.78 is 10.9. The molecule has 3 rings (SSSR count). The molecule has 160 valence electrons. The summed E-state index contributed by atoms with van der Waals surface area (Å²) in [7, 11) is 1.95. The van der Waals surface area contributed by atoms with Gasteiger partial charge < -0.3 is 19.7 Å². The number of nitrogens with zero attached hydrogens (tertiary/aromatic N) is 2. The van der Waals surface area contributed by atoms with Crippen molar-refractivity contribution in [3.05, 3.63) is 66.7 Å². The van der Waals surface area contributed by atoms with E-state index in [4.69, 9.17) is 9.47 Å². The van der Waals surface area contributed by atoms with Crippen molar-refractivity contribution in [2.75, 3.05) is 50.2 Å². The SMILES string of the molecule is C=CCOc1ccc(CN(C)[C@@H](C)C(=O)Nc2ccc(N3CCOCC3)cc2)cc1. The largest absolute Gasteiger partial charge is 0.490 e. The topological polar surface area (TPSA) is 54.0 Å². The standard InChI is InChI=1S/C24H31N3O3/c1-4-15-30-23-11-5-20(6-12-23)18-26(3)19(2)24(28)25-21-7-9-22(10-8-21)27-13-16-29-17-14-27/h4-12,19H,1,13-18H2,2-3H3,(H,25,28)/t19-/m0/s1. The molecule has 0 spiro atoms. The van der Waals surface area contributed by atoms with Gasteiger partial charge in [0, 0.05) is 31.0 Å². The first-order chi connectivity index (χ1) is 14.6. The molecule has 0 aromatic heterocycles. The number of nitrogens with one attached hydrogen (secondary N) is 1. The van der Waals surface area contributed by atoms with Gasteiger partial charge >= 0.3 is 0 Å². The van der Waals surface area contributed by atoms with E-state index in [1.807, 2.05) is 67.4 Å². The molecule has 1 fully saturated rings. The van der Waals surface area contributed by atoms with E-state index < -0.39 is 0 Å². The number of hydrogen-bond donors (Lipinski definition) is 1. The van der Waals surface area contributed by atoms with Crippen LogP contribution in [0.15, 0.2) is 61.2 Å². The predicted octanol–water partition coefficient (Wildman–Crippen LogP) is 3.55. The van der Waals surface area contributed by atoms with Gasteiger partial charge in [-0.3, -0.25) is 9.69 Å². The molecule has 1 N–H and O–H groups in total. The molecule has 0 radical (unpaired) electrons. The third kappa shape index (κ3) is 6.08. The van der Waals surface area contributed by atoms with E-state index in [1.54, 1.807) is 6.08 Å².